The molecule has 0 unspecified atom stereocenters. The van der Waals surface area contributed by atoms with Crippen LogP contribution in [0, 0.1) is 0 Å². The number of methoxy groups -OCH3 is 3. The van der Waals surface area contributed by atoms with Gasteiger partial charge >= 0.3 is 0 Å². The fourth-order valence-corrected chi connectivity index (χ4v) is 2.50. The van der Waals surface area contributed by atoms with Crippen LogP contribution in [0.4, 0.5) is 0 Å². The molecule has 0 saturated carbocycles. The molecule has 0 aliphatic carbocycles. The Morgan fingerprint density at radius 2 is 1.81 bits per heavy atom. The van der Waals surface area contributed by atoms with Crippen LogP contribution in [0.5, 0.6) is 11.5 Å². The summed E-state index contributed by atoms with van der Waals surface area (Å²) in [5, 5.41) is 0. The van der Waals surface area contributed by atoms with Crippen molar-refractivity contribution in [3.8, 4) is 11.5 Å². The first kappa shape index (κ1) is 19.5. The smallest absolute Gasteiger partial charge is 0.246 e. The van der Waals surface area contributed by atoms with E-state index in [1.54, 1.807) is 44.4 Å². The maximum atomic E-state index is 12.7. The van der Waals surface area contributed by atoms with Gasteiger partial charge in [-0.05, 0) is 23.8 Å². The Kier molecular flexibility index (Phi) is 7.71. The molecule has 5 heteroatoms. The molecule has 1 amide bonds. The van der Waals surface area contributed by atoms with Gasteiger partial charge in [0.05, 0.1) is 20.8 Å². The average molecular weight is 355 g/mol. The van der Waals surface area contributed by atoms with Crippen molar-refractivity contribution >= 4 is 12.0 Å². The monoisotopic (exact) mass is 355 g/mol. The summed E-state index contributed by atoms with van der Waals surface area (Å²) in [6.45, 7) is 1.54. The molecular weight excluding hydrogens is 330 g/mol. The zero-order chi connectivity index (χ0) is 18.8. The number of rotatable bonds is 9. The van der Waals surface area contributed by atoms with Crippen molar-refractivity contribution in [3.05, 3.63) is 65.7 Å². The van der Waals surface area contributed by atoms with Crippen LogP contribution in [0.3, 0.4) is 0 Å². The van der Waals surface area contributed by atoms with Crippen molar-refractivity contribution in [2.45, 2.75) is 6.54 Å². The molecule has 138 valence electrons. The van der Waals surface area contributed by atoms with E-state index in [-0.39, 0.29) is 5.91 Å². The lowest BCUT2D eigenvalue weighted by molar-refractivity contribution is -0.127. The van der Waals surface area contributed by atoms with Crippen LogP contribution in [0.25, 0.3) is 6.08 Å². The number of carbonyl (C=O) groups excluding carboxylic acids is 1. The molecule has 5 nitrogen and oxygen atoms in total. The van der Waals surface area contributed by atoms with E-state index < -0.39 is 0 Å². The van der Waals surface area contributed by atoms with Crippen molar-refractivity contribution in [2.24, 2.45) is 0 Å². The van der Waals surface area contributed by atoms with Crippen LogP contribution in [-0.2, 0) is 16.1 Å². The highest BCUT2D eigenvalue weighted by molar-refractivity contribution is 5.92. The highest BCUT2D eigenvalue weighted by Crippen LogP contribution is 2.25. The first-order valence-electron chi connectivity index (χ1n) is 8.39. The van der Waals surface area contributed by atoms with Gasteiger partial charge in [-0.2, -0.15) is 0 Å². The molecule has 26 heavy (non-hydrogen) atoms. The van der Waals surface area contributed by atoms with Gasteiger partial charge in [-0.3, -0.25) is 4.79 Å². The predicted octanol–water partition coefficient (Wildman–Crippen LogP) is 3.39. The molecule has 0 aliphatic heterocycles. The normalized spacial score (nSPS) is 10.7. The van der Waals surface area contributed by atoms with Crippen LogP contribution < -0.4 is 9.47 Å². The summed E-state index contributed by atoms with van der Waals surface area (Å²) in [6.07, 6.45) is 3.31. The second-order valence-electron chi connectivity index (χ2n) is 5.68. The molecule has 0 heterocycles. The molecule has 0 spiro atoms. The molecular formula is C21H25NO4. The number of ether oxygens (including phenoxy) is 3. The third kappa shape index (κ3) is 5.63. The van der Waals surface area contributed by atoms with Crippen molar-refractivity contribution < 1.29 is 19.0 Å². The summed E-state index contributed by atoms with van der Waals surface area (Å²) in [5.41, 5.74) is 1.89. The number of hydrogen-bond acceptors (Lipinski definition) is 4. The zero-order valence-electron chi connectivity index (χ0n) is 15.5. The molecule has 0 saturated heterocycles. The van der Waals surface area contributed by atoms with E-state index >= 15 is 0 Å². The summed E-state index contributed by atoms with van der Waals surface area (Å²) in [7, 11) is 4.82. The summed E-state index contributed by atoms with van der Waals surface area (Å²) in [6, 6.07) is 15.4. The first-order chi connectivity index (χ1) is 12.7. The minimum absolute atomic E-state index is 0.0798. The van der Waals surface area contributed by atoms with E-state index in [9.17, 15) is 4.79 Å². The third-order valence-corrected chi connectivity index (χ3v) is 3.94. The molecule has 0 aromatic heterocycles. The first-order valence-corrected chi connectivity index (χ1v) is 8.39. The summed E-state index contributed by atoms with van der Waals surface area (Å²) in [5.74, 6) is 1.28. The van der Waals surface area contributed by atoms with Gasteiger partial charge < -0.3 is 19.1 Å². The van der Waals surface area contributed by atoms with E-state index in [1.807, 2.05) is 42.5 Å². The molecule has 2 aromatic rings. The van der Waals surface area contributed by atoms with Gasteiger partial charge in [0.1, 0.15) is 11.5 Å². The van der Waals surface area contributed by atoms with Crippen LogP contribution in [0.2, 0.25) is 0 Å². The maximum Gasteiger partial charge on any atom is 0.246 e. The van der Waals surface area contributed by atoms with Crippen molar-refractivity contribution in [2.75, 3.05) is 34.5 Å². The second-order valence-corrected chi connectivity index (χ2v) is 5.68. The van der Waals surface area contributed by atoms with E-state index in [2.05, 4.69) is 0 Å². The molecule has 2 rings (SSSR count). The molecule has 0 N–H and O–H groups in total. The molecule has 2 aromatic carbocycles. The van der Waals surface area contributed by atoms with Gasteiger partial charge in [0.25, 0.3) is 0 Å². The number of benzene rings is 2. The summed E-state index contributed by atoms with van der Waals surface area (Å²) < 4.78 is 15.7. The van der Waals surface area contributed by atoms with Crippen LogP contribution >= 0.6 is 0 Å². The predicted molar refractivity (Wildman–Crippen MR) is 102 cm³/mol. The average Bonchev–Trinajstić information content (AvgIpc) is 2.69. The Bertz CT molecular complexity index is 728. The minimum Gasteiger partial charge on any atom is -0.497 e. The minimum atomic E-state index is -0.0798. The lowest BCUT2D eigenvalue weighted by Crippen LogP contribution is -2.32. The van der Waals surface area contributed by atoms with Gasteiger partial charge in [0.2, 0.25) is 5.91 Å². The Labute approximate surface area is 154 Å². The van der Waals surface area contributed by atoms with Gasteiger partial charge in [-0.15, -0.1) is 0 Å². The molecule has 0 atom stereocenters. The SMILES string of the molecule is COCCN(Cc1ccccc1)C(=O)C=Cc1ccc(OC)cc1OC. The third-order valence-electron chi connectivity index (χ3n) is 3.94. The lowest BCUT2D eigenvalue weighted by atomic mass is 10.1. The van der Waals surface area contributed by atoms with E-state index in [4.69, 9.17) is 14.2 Å². The Morgan fingerprint density at radius 1 is 1.04 bits per heavy atom. The Balaban J connectivity index is 2.13. The molecule has 0 aliphatic rings. The summed E-state index contributed by atoms with van der Waals surface area (Å²) >= 11 is 0. The maximum absolute atomic E-state index is 12.7. The fraction of sp³-hybridized carbons (Fsp3) is 0.286. The zero-order valence-corrected chi connectivity index (χ0v) is 15.5. The standard InChI is InChI=1S/C21H25NO4/c1-24-14-13-22(16-17-7-5-4-6-8-17)21(23)12-10-18-9-11-19(25-2)15-20(18)26-3/h4-12,15H,13-14,16H2,1-3H3. The lowest BCUT2D eigenvalue weighted by Gasteiger charge is -2.21. The highest BCUT2D eigenvalue weighted by Gasteiger charge is 2.11. The highest BCUT2D eigenvalue weighted by atomic mass is 16.5. The van der Waals surface area contributed by atoms with Crippen LogP contribution in [-0.4, -0.2) is 45.3 Å². The van der Waals surface area contributed by atoms with Crippen LogP contribution in [0.1, 0.15) is 11.1 Å². The number of amides is 1. The molecule has 0 bridgehead atoms. The van der Waals surface area contributed by atoms with Crippen molar-refractivity contribution in [1.29, 1.82) is 0 Å². The van der Waals surface area contributed by atoms with Gasteiger partial charge in [-0.25, -0.2) is 0 Å². The quantitative estimate of drug-likeness (QED) is 0.647. The van der Waals surface area contributed by atoms with E-state index in [0.717, 1.165) is 11.1 Å². The van der Waals surface area contributed by atoms with Crippen molar-refractivity contribution in [3.63, 3.8) is 0 Å². The summed E-state index contributed by atoms with van der Waals surface area (Å²) in [4.78, 5) is 14.4. The van der Waals surface area contributed by atoms with Crippen molar-refractivity contribution in [1.82, 2.24) is 4.90 Å². The topological polar surface area (TPSA) is 48.0 Å². The fourth-order valence-electron chi connectivity index (χ4n) is 2.50. The van der Waals surface area contributed by atoms with E-state index in [1.165, 1.54) is 0 Å². The Morgan fingerprint density at radius 3 is 2.46 bits per heavy atom. The number of hydrogen-bond donors (Lipinski definition) is 0. The van der Waals surface area contributed by atoms with E-state index in [0.29, 0.717) is 31.2 Å². The number of nitrogens with zero attached hydrogens (tertiary/aromatic N) is 1. The second kappa shape index (κ2) is 10.3. The van der Waals surface area contributed by atoms with Gasteiger partial charge in [-0.1, -0.05) is 30.3 Å². The van der Waals surface area contributed by atoms with Crippen LogP contribution in [0.15, 0.2) is 54.6 Å². The largest absolute Gasteiger partial charge is 0.497 e. The van der Waals surface area contributed by atoms with Gasteiger partial charge in [0, 0.05) is 37.9 Å². The number of carbonyl (C=O) groups is 1. The molecule has 0 fully saturated rings. The molecule has 0 radical (unpaired) electrons. The Hall–Kier alpha value is -2.79. The van der Waals surface area contributed by atoms with Gasteiger partial charge in [0.15, 0.2) is 0 Å².